The molecule has 3 nitrogen and oxygen atoms in total. The van der Waals surface area contributed by atoms with Crippen molar-refractivity contribution < 1.29 is 0 Å². The molecular weight excluding hydrogens is 254 g/mol. The largest absolute Gasteiger partial charge is 0.333 e. The van der Waals surface area contributed by atoms with E-state index in [1.54, 1.807) is 11.8 Å². The lowest BCUT2D eigenvalue weighted by atomic mass is 10.2. The number of benzene rings is 2. The van der Waals surface area contributed by atoms with E-state index in [4.69, 9.17) is 5.73 Å². The molecular formula is C15H15N3S. The van der Waals surface area contributed by atoms with Gasteiger partial charge < -0.3 is 10.7 Å². The van der Waals surface area contributed by atoms with E-state index < -0.39 is 0 Å². The summed E-state index contributed by atoms with van der Waals surface area (Å²) in [7, 11) is 0. The van der Waals surface area contributed by atoms with Gasteiger partial charge in [-0.3, -0.25) is 0 Å². The first-order valence-corrected chi connectivity index (χ1v) is 7.00. The Hall–Kier alpha value is -1.78. The SMILES string of the molecule is Cc1ccc2nc(Sc3ccccc3CN)[nH]c2c1. The molecule has 0 amide bonds. The Balaban J connectivity index is 1.96. The second-order valence-corrected chi connectivity index (χ2v) is 5.51. The molecule has 0 aliphatic heterocycles. The van der Waals surface area contributed by atoms with Gasteiger partial charge >= 0.3 is 0 Å². The summed E-state index contributed by atoms with van der Waals surface area (Å²) in [5, 5.41) is 0.904. The smallest absolute Gasteiger partial charge is 0.171 e. The molecule has 0 aliphatic carbocycles. The molecule has 0 atom stereocenters. The first kappa shape index (κ1) is 12.3. The molecule has 0 fully saturated rings. The van der Waals surface area contributed by atoms with Gasteiger partial charge in [-0.15, -0.1) is 0 Å². The minimum absolute atomic E-state index is 0.544. The van der Waals surface area contributed by atoms with Crippen LogP contribution in [0.25, 0.3) is 11.0 Å². The first-order chi connectivity index (χ1) is 9.26. The van der Waals surface area contributed by atoms with Crippen molar-refractivity contribution in [2.75, 3.05) is 0 Å². The topological polar surface area (TPSA) is 54.7 Å². The van der Waals surface area contributed by atoms with Crippen molar-refractivity contribution in [1.29, 1.82) is 0 Å². The number of fused-ring (bicyclic) bond motifs is 1. The summed E-state index contributed by atoms with van der Waals surface area (Å²) >= 11 is 1.62. The lowest BCUT2D eigenvalue weighted by Gasteiger charge is -2.04. The number of hydrogen-bond acceptors (Lipinski definition) is 3. The highest BCUT2D eigenvalue weighted by Crippen LogP contribution is 2.29. The number of hydrogen-bond donors (Lipinski definition) is 2. The van der Waals surface area contributed by atoms with E-state index >= 15 is 0 Å². The van der Waals surface area contributed by atoms with Gasteiger partial charge in [0.2, 0.25) is 0 Å². The molecule has 0 spiro atoms. The summed E-state index contributed by atoms with van der Waals surface area (Å²) in [6.45, 7) is 2.62. The van der Waals surface area contributed by atoms with Crippen LogP contribution in [-0.4, -0.2) is 9.97 Å². The van der Waals surface area contributed by atoms with Gasteiger partial charge in [-0.25, -0.2) is 4.98 Å². The molecule has 3 N–H and O–H groups in total. The van der Waals surface area contributed by atoms with E-state index in [1.807, 2.05) is 18.2 Å². The van der Waals surface area contributed by atoms with Gasteiger partial charge in [0.15, 0.2) is 5.16 Å². The molecule has 19 heavy (non-hydrogen) atoms. The lowest BCUT2D eigenvalue weighted by Crippen LogP contribution is -1.97. The fourth-order valence-electron chi connectivity index (χ4n) is 2.02. The quantitative estimate of drug-likeness (QED) is 0.765. The zero-order valence-electron chi connectivity index (χ0n) is 10.7. The van der Waals surface area contributed by atoms with Crippen LogP contribution in [0.5, 0.6) is 0 Å². The zero-order valence-corrected chi connectivity index (χ0v) is 11.5. The van der Waals surface area contributed by atoms with Gasteiger partial charge in [-0.2, -0.15) is 0 Å². The standard InChI is InChI=1S/C15H15N3S/c1-10-6-7-12-13(8-10)18-15(17-12)19-14-5-3-2-4-11(14)9-16/h2-8H,9,16H2,1H3,(H,17,18). The molecule has 1 heterocycles. The zero-order chi connectivity index (χ0) is 13.2. The van der Waals surface area contributed by atoms with Crippen molar-refractivity contribution >= 4 is 22.8 Å². The summed E-state index contributed by atoms with van der Waals surface area (Å²) in [5.74, 6) is 0. The highest BCUT2D eigenvalue weighted by atomic mass is 32.2. The van der Waals surface area contributed by atoms with Gasteiger partial charge in [0.05, 0.1) is 11.0 Å². The predicted molar refractivity (Wildman–Crippen MR) is 79.3 cm³/mol. The van der Waals surface area contributed by atoms with E-state index in [1.165, 1.54) is 5.56 Å². The number of rotatable bonds is 3. The number of aromatic amines is 1. The van der Waals surface area contributed by atoms with Crippen LogP contribution >= 0.6 is 11.8 Å². The van der Waals surface area contributed by atoms with Crippen molar-refractivity contribution in [2.45, 2.75) is 23.5 Å². The van der Waals surface area contributed by atoms with Gasteiger partial charge in [0, 0.05) is 11.4 Å². The van der Waals surface area contributed by atoms with E-state index in [2.05, 4.69) is 41.2 Å². The monoisotopic (exact) mass is 269 g/mol. The second kappa shape index (κ2) is 5.07. The van der Waals surface area contributed by atoms with E-state index in [0.29, 0.717) is 6.54 Å². The van der Waals surface area contributed by atoms with E-state index in [-0.39, 0.29) is 0 Å². The summed E-state index contributed by atoms with van der Waals surface area (Å²) in [6.07, 6.45) is 0. The molecule has 0 radical (unpaired) electrons. The molecule has 0 aliphatic rings. The average Bonchev–Trinajstić information content (AvgIpc) is 2.80. The highest BCUT2D eigenvalue weighted by molar-refractivity contribution is 7.99. The third-order valence-electron chi connectivity index (χ3n) is 3.01. The Bertz CT molecular complexity index is 718. The van der Waals surface area contributed by atoms with Crippen LogP contribution in [0.1, 0.15) is 11.1 Å². The predicted octanol–water partition coefficient (Wildman–Crippen LogP) is 3.48. The summed E-state index contributed by atoms with van der Waals surface area (Å²) < 4.78 is 0. The normalized spacial score (nSPS) is 11.1. The maximum atomic E-state index is 5.76. The Morgan fingerprint density at radius 3 is 2.89 bits per heavy atom. The molecule has 0 unspecified atom stereocenters. The Kier molecular flexibility index (Phi) is 3.27. The van der Waals surface area contributed by atoms with Crippen LogP contribution in [0.4, 0.5) is 0 Å². The van der Waals surface area contributed by atoms with Crippen LogP contribution in [0.3, 0.4) is 0 Å². The maximum absolute atomic E-state index is 5.76. The second-order valence-electron chi connectivity index (χ2n) is 4.48. The molecule has 3 aromatic rings. The average molecular weight is 269 g/mol. The third kappa shape index (κ3) is 2.50. The molecule has 2 aromatic carbocycles. The Morgan fingerprint density at radius 1 is 1.21 bits per heavy atom. The molecule has 96 valence electrons. The van der Waals surface area contributed by atoms with Crippen molar-refractivity contribution in [1.82, 2.24) is 9.97 Å². The minimum Gasteiger partial charge on any atom is -0.333 e. The van der Waals surface area contributed by atoms with E-state index in [9.17, 15) is 0 Å². The fourth-order valence-corrected chi connectivity index (χ4v) is 2.97. The molecule has 1 aromatic heterocycles. The number of nitrogens with two attached hydrogens (primary N) is 1. The number of imidazole rings is 1. The highest BCUT2D eigenvalue weighted by Gasteiger charge is 2.07. The first-order valence-electron chi connectivity index (χ1n) is 6.18. The summed E-state index contributed by atoms with van der Waals surface area (Å²) in [6, 6.07) is 14.4. The number of nitrogens with zero attached hydrogens (tertiary/aromatic N) is 1. The van der Waals surface area contributed by atoms with Gasteiger partial charge in [-0.05, 0) is 36.2 Å². The van der Waals surface area contributed by atoms with Crippen LogP contribution in [0, 0.1) is 6.92 Å². The van der Waals surface area contributed by atoms with E-state index in [0.717, 1.165) is 26.6 Å². The summed E-state index contributed by atoms with van der Waals surface area (Å²) in [4.78, 5) is 9.09. The number of aryl methyl sites for hydroxylation is 1. The van der Waals surface area contributed by atoms with Crippen molar-refractivity contribution in [3.8, 4) is 0 Å². The third-order valence-corrected chi connectivity index (χ3v) is 4.02. The molecule has 4 heteroatoms. The molecule has 0 saturated heterocycles. The number of nitrogens with one attached hydrogen (secondary N) is 1. The fraction of sp³-hybridized carbons (Fsp3) is 0.133. The van der Waals surface area contributed by atoms with Crippen LogP contribution in [0.15, 0.2) is 52.5 Å². The van der Waals surface area contributed by atoms with Crippen molar-refractivity contribution in [3.63, 3.8) is 0 Å². The van der Waals surface area contributed by atoms with Crippen molar-refractivity contribution in [2.24, 2.45) is 5.73 Å². The van der Waals surface area contributed by atoms with Crippen molar-refractivity contribution in [3.05, 3.63) is 53.6 Å². The van der Waals surface area contributed by atoms with Gasteiger partial charge in [0.1, 0.15) is 0 Å². The molecule has 3 rings (SSSR count). The summed E-state index contributed by atoms with van der Waals surface area (Å²) in [5.41, 5.74) is 10.2. The minimum atomic E-state index is 0.544. The Morgan fingerprint density at radius 2 is 2.05 bits per heavy atom. The molecule has 0 saturated carbocycles. The lowest BCUT2D eigenvalue weighted by molar-refractivity contribution is 1.02. The molecule has 0 bridgehead atoms. The van der Waals surface area contributed by atoms with Gasteiger partial charge in [-0.1, -0.05) is 36.0 Å². The van der Waals surface area contributed by atoms with Crippen LogP contribution in [0.2, 0.25) is 0 Å². The van der Waals surface area contributed by atoms with Crippen LogP contribution < -0.4 is 5.73 Å². The number of aromatic nitrogens is 2. The number of H-pyrrole nitrogens is 1. The Labute approximate surface area is 116 Å². The maximum Gasteiger partial charge on any atom is 0.171 e. The van der Waals surface area contributed by atoms with Crippen LogP contribution in [-0.2, 0) is 6.54 Å². The van der Waals surface area contributed by atoms with Gasteiger partial charge in [0.25, 0.3) is 0 Å².